The fourth-order valence-electron chi connectivity index (χ4n) is 1.56. The zero-order chi connectivity index (χ0) is 13.3. The molecule has 2 nitrogen and oxygen atoms in total. The van der Waals surface area contributed by atoms with Crippen molar-refractivity contribution in [2.24, 2.45) is 0 Å². The fraction of sp³-hybridized carbons (Fsp3) is 0.533. The second-order valence-corrected chi connectivity index (χ2v) is 4.47. The van der Waals surface area contributed by atoms with Crippen LogP contribution in [0.15, 0.2) is 36.0 Å². The van der Waals surface area contributed by atoms with Crippen molar-refractivity contribution in [3.63, 3.8) is 0 Å². The molecule has 0 bridgehead atoms. The summed E-state index contributed by atoms with van der Waals surface area (Å²) in [7, 11) is 2.19. The third-order valence-electron chi connectivity index (χ3n) is 3.11. The Morgan fingerprint density at radius 3 is 2.35 bits per heavy atom. The van der Waals surface area contributed by atoms with E-state index in [-0.39, 0.29) is 0 Å². The standard InChI is InChI=1S/C9H12O.C6H13N/c1-4-8(3)6-9(5-2)7-10;1-6-4-3-5-7(6)2/h4-7H,2H2,1,3H3;6H,3-5H2,1-2H3/b8-4-,9-6+;. The van der Waals surface area contributed by atoms with Crippen LogP contribution in [0.2, 0.25) is 0 Å². The molecular weight excluding hydrogens is 210 g/mol. The molecule has 0 N–H and O–H groups in total. The van der Waals surface area contributed by atoms with E-state index >= 15 is 0 Å². The quantitative estimate of drug-likeness (QED) is 0.425. The molecule has 0 aliphatic carbocycles. The molecule has 1 aliphatic rings. The summed E-state index contributed by atoms with van der Waals surface area (Å²) < 4.78 is 0. The number of allylic oxidation sites excluding steroid dienone is 5. The first-order chi connectivity index (χ1) is 8.04. The molecule has 0 aromatic rings. The van der Waals surface area contributed by atoms with Crippen LogP contribution in [-0.2, 0) is 4.79 Å². The maximum Gasteiger partial charge on any atom is 0.150 e. The molecule has 2 heteroatoms. The van der Waals surface area contributed by atoms with Gasteiger partial charge < -0.3 is 4.90 Å². The van der Waals surface area contributed by atoms with Crippen LogP contribution in [0.25, 0.3) is 0 Å². The summed E-state index contributed by atoms with van der Waals surface area (Å²) in [5.74, 6) is 0. The lowest BCUT2D eigenvalue weighted by molar-refractivity contribution is -0.104. The van der Waals surface area contributed by atoms with E-state index in [2.05, 4.69) is 25.5 Å². The molecule has 0 spiro atoms. The summed E-state index contributed by atoms with van der Waals surface area (Å²) in [6.45, 7) is 10.9. The van der Waals surface area contributed by atoms with E-state index in [4.69, 9.17) is 0 Å². The minimum absolute atomic E-state index is 0.621. The van der Waals surface area contributed by atoms with Crippen molar-refractivity contribution in [1.29, 1.82) is 0 Å². The van der Waals surface area contributed by atoms with Gasteiger partial charge in [-0.05, 0) is 53.3 Å². The fourth-order valence-corrected chi connectivity index (χ4v) is 1.56. The van der Waals surface area contributed by atoms with E-state index in [0.29, 0.717) is 5.57 Å². The van der Waals surface area contributed by atoms with E-state index in [1.54, 1.807) is 12.2 Å². The molecule has 1 saturated heterocycles. The van der Waals surface area contributed by atoms with Crippen molar-refractivity contribution in [2.75, 3.05) is 13.6 Å². The Labute approximate surface area is 106 Å². The predicted molar refractivity (Wildman–Crippen MR) is 75.1 cm³/mol. The van der Waals surface area contributed by atoms with Crippen molar-refractivity contribution in [3.8, 4) is 0 Å². The number of rotatable bonds is 3. The van der Waals surface area contributed by atoms with Gasteiger partial charge in [0.15, 0.2) is 0 Å². The van der Waals surface area contributed by atoms with Crippen molar-refractivity contribution in [2.45, 2.75) is 39.7 Å². The number of carbonyl (C=O) groups is 1. The van der Waals surface area contributed by atoms with Crippen molar-refractivity contribution >= 4 is 6.29 Å². The second-order valence-electron chi connectivity index (χ2n) is 4.47. The summed E-state index contributed by atoms with van der Waals surface area (Å²) in [5, 5.41) is 0. The first-order valence-electron chi connectivity index (χ1n) is 6.17. The first-order valence-corrected chi connectivity index (χ1v) is 6.17. The number of nitrogens with zero attached hydrogens (tertiary/aromatic N) is 1. The molecule has 1 atom stereocenters. The van der Waals surface area contributed by atoms with Gasteiger partial charge in [-0.2, -0.15) is 0 Å². The number of carbonyl (C=O) groups excluding carboxylic acids is 1. The molecule has 0 aromatic carbocycles. The lowest BCUT2D eigenvalue weighted by atomic mass is 10.2. The van der Waals surface area contributed by atoms with Crippen molar-refractivity contribution in [1.82, 2.24) is 4.90 Å². The van der Waals surface area contributed by atoms with Gasteiger partial charge in [-0.3, -0.25) is 4.79 Å². The van der Waals surface area contributed by atoms with Crippen molar-refractivity contribution < 1.29 is 4.79 Å². The van der Waals surface area contributed by atoms with E-state index < -0.39 is 0 Å². The van der Waals surface area contributed by atoms with Crippen LogP contribution in [-0.4, -0.2) is 30.8 Å². The van der Waals surface area contributed by atoms with E-state index in [0.717, 1.165) is 17.9 Å². The van der Waals surface area contributed by atoms with Crippen LogP contribution in [0.3, 0.4) is 0 Å². The van der Waals surface area contributed by atoms with E-state index in [9.17, 15) is 4.79 Å². The summed E-state index contributed by atoms with van der Waals surface area (Å²) in [5.41, 5.74) is 1.69. The Bertz CT molecular complexity index is 284. The lowest BCUT2D eigenvalue weighted by Crippen LogP contribution is -2.20. The van der Waals surface area contributed by atoms with Gasteiger partial charge in [-0.25, -0.2) is 0 Å². The molecule has 1 aliphatic heterocycles. The van der Waals surface area contributed by atoms with Gasteiger partial charge in [-0.1, -0.05) is 24.3 Å². The second kappa shape index (κ2) is 8.94. The van der Waals surface area contributed by atoms with E-state index in [1.807, 2.05) is 19.9 Å². The van der Waals surface area contributed by atoms with Crippen LogP contribution in [0.5, 0.6) is 0 Å². The molecular formula is C15H25NO. The Kier molecular flexibility index (Phi) is 8.34. The van der Waals surface area contributed by atoms with Gasteiger partial charge in [0, 0.05) is 11.6 Å². The maximum absolute atomic E-state index is 10.2. The van der Waals surface area contributed by atoms with Crippen LogP contribution >= 0.6 is 0 Å². The number of likely N-dealkylation sites (tertiary alicyclic amines) is 1. The van der Waals surface area contributed by atoms with E-state index in [1.165, 1.54) is 19.4 Å². The minimum atomic E-state index is 0.621. The molecule has 1 unspecified atom stereocenters. The Hall–Kier alpha value is -1.15. The first kappa shape index (κ1) is 15.9. The molecule has 17 heavy (non-hydrogen) atoms. The number of hydrogen-bond acceptors (Lipinski definition) is 2. The molecule has 0 saturated carbocycles. The molecule has 1 fully saturated rings. The average Bonchev–Trinajstić information content (AvgIpc) is 2.71. The SMILES string of the molecule is C=C/C(C=O)=C\C(C)=C/C.CC1CCCN1C. The van der Waals surface area contributed by atoms with Crippen molar-refractivity contribution in [3.05, 3.63) is 36.0 Å². The Balaban J connectivity index is 0.000000318. The normalized spacial score (nSPS) is 21.8. The molecule has 1 heterocycles. The third-order valence-corrected chi connectivity index (χ3v) is 3.11. The highest BCUT2D eigenvalue weighted by Gasteiger charge is 2.14. The van der Waals surface area contributed by atoms with Crippen LogP contribution in [0, 0.1) is 0 Å². The van der Waals surface area contributed by atoms with Crippen LogP contribution in [0.1, 0.15) is 33.6 Å². The minimum Gasteiger partial charge on any atom is -0.304 e. The largest absolute Gasteiger partial charge is 0.304 e. The highest BCUT2D eigenvalue weighted by atomic mass is 16.1. The third kappa shape index (κ3) is 6.90. The highest BCUT2D eigenvalue weighted by Crippen LogP contribution is 2.12. The van der Waals surface area contributed by atoms with Crippen LogP contribution in [0.4, 0.5) is 0 Å². The van der Waals surface area contributed by atoms with Crippen LogP contribution < -0.4 is 0 Å². The zero-order valence-corrected chi connectivity index (χ0v) is 11.6. The van der Waals surface area contributed by atoms with Gasteiger partial charge in [0.05, 0.1) is 0 Å². The van der Waals surface area contributed by atoms with Gasteiger partial charge >= 0.3 is 0 Å². The monoisotopic (exact) mass is 235 g/mol. The average molecular weight is 235 g/mol. The molecule has 0 aromatic heterocycles. The lowest BCUT2D eigenvalue weighted by Gasteiger charge is -2.12. The molecule has 96 valence electrons. The van der Waals surface area contributed by atoms with Gasteiger partial charge in [0.25, 0.3) is 0 Å². The van der Waals surface area contributed by atoms with Gasteiger partial charge in [-0.15, -0.1) is 0 Å². The molecule has 0 amide bonds. The number of hydrogen-bond donors (Lipinski definition) is 0. The Morgan fingerprint density at radius 2 is 2.12 bits per heavy atom. The zero-order valence-electron chi connectivity index (χ0n) is 11.6. The highest BCUT2D eigenvalue weighted by molar-refractivity contribution is 5.78. The summed E-state index contributed by atoms with van der Waals surface area (Å²) in [4.78, 5) is 12.6. The smallest absolute Gasteiger partial charge is 0.150 e. The molecule has 1 rings (SSSR count). The maximum atomic E-state index is 10.2. The Morgan fingerprint density at radius 1 is 1.47 bits per heavy atom. The molecule has 0 radical (unpaired) electrons. The van der Waals surface area contributed by atoms with Gasteiger partial charge in [0.2, 0.25) is 0 Å². The predicted octanol–water partition coefficient (Wildman–Crippen LogP) is 3.36. The van der Waals surface area contributed by atoms with Gasteiger partial charge in [0.1, 0.15) is 6.29 Å². The summed E-state index contributed by atoms with van der Waals surface area (Å²) in [6.07, 6.45) is 8.86. The number of aldehydes is 1. The topological polar surface area (TPSA) is 20.3 Å². The summed E-state index contributed by atoms with van der Waals surface area (Å²) >= 11 is 0. The summed E-state index contributed by atoms with van der Waals surface area (Å²) in [6, 6.07) is 0.847.